The summed E-state index contributed by atoms with van der Waals surface area (Å²) in [6.45, 7) is 2.04. The smallest absolute Gasteiger partial charge is 0.236 e. The van der Waals surface area contributed by atoms with Crippen LogP contribution in [0.5, 0.6) is 0 Å². The molecule has 0 saturated carbocycles. The number of hydrogen-bond acceptors (Lipinski definition) is 6. The number of benzene rings is 2. The molecule has 27 heavy (non-hydrogen) atoms. The lowest BCUT2D eigenvalue weighted by Crippen LogP contribution is -2.14. The van der Waals surface area contributed by atoms with E-state index in [1.807, 2.05) is 61.0 Å². The summed E-state index contributed by atoms with van der Waals surface area (Å²) in [6.07, 6.45) is 0. The average Bonchev–Trinajstić information content (AvgIpc) is 3.22. The van der Waals surface area contributed by atoms with E-state index in [9.17, 15) is 4.79 Å². The molecule has 0 aliphatic heterocycles. The average molecular weight is 396 g/mol. The summed E-state index contributed by atoms with van der Waals surface area (Å²) in [5.74, 6) is 0.919. The van der Waals surface area contributed by atoms with Gasteiger partial charge in [-0.25, -0.2) is 4.98 Å². The molecule has 1 N–H and O–H groups in total. The Hall–Kier alpha value is -2.71. The maximum atomic E-state index is 12.3. The van der Waals surface area contributed by atoms with E-state index in [1.54, 1.807) is 0 Å². The summed E-state index contributed by atoms with van der Waals surface area (Å²) in [4.78, 5) is 16.7. The number of aromatic nitrogens is 4. The molecule has 0 fully saturated rings. The topological polar surface area (TPSA) is 72.7 Å². The molecule has 0 spiro atoms. The molecule has 8 heteroatoms. The van der Waals surface area contributed by atoms with Gasteiger partial charge < -0.3 is 9.88 Å². The van der Waals surface area contributed by atoms with Crippen LogP contribution in [0.25, 0.3) is 21.6 Å². The van der Waals surface area contributed by atoms with E-state index in [1.165, 1.54) is 28.7 Å². The molecule has 1 amide bonds. The van der Waals surface area contributed by atoms with Crippen LogP contribution in [0.3, 0.4) is 0 Å². The van der Waals surface area contributed by atoms with Gasteiger partial charge in [-0.2, -0.15) is 0 Å². The van der Waals surface area contributed by atoms with Gasteiger partial charge in [0.1, 0.15) is 0 Å². The quantitative estimate of drug-likeness (QED) is 0.514. The third kappa shape index (κ3) is 3.86. The van der Waals surface area contributed by atoms with Crippen LogP contribution in [0.15, 0.2) is 53.7 Å². The third-order valence-electron chi connectivity index (χ3n) is 3.98. The minimum absolute atomic E-state index is 0.112. The number of nitrogens with zero attached hydrogens (tertiary/aromatic N) is 4. The monoisotopic (exact) mass is 395 g/mol. The third-order valence-corrected chi connectivity index (χ3v) is 5.96. The molecule has 0 unspecified atom stereocenters. The van der Waals surface area contributed by atoms with Crippen molar-refractivity contribution in [1.82, 2.24) is 19.7 Å². The van der Waals surface area contributed by atoms with Gasteiger partial charge in [-0.05, 0) is 25.1 Å². The number of rotatable bonds is 5. The summed E-state index contributed by atoms with van der Waals surface area (Å²) < 4.78 is 2.96. The summed E-state index contributed by atoms with van der Waals surface area (Å²) in [7, 11) is 1.91. The first-order valence-corrected chi connectivity index (χ1v) is 10.1. The van der Waals surface area contributed by atoms with Gasteiger partial charge in [0, 0.05) is 12.6 Å². The second-order valence-corrected chi connectivity index (χ2v) is 8.03. The van der Waals surface area contributed by atoms with Crippen molar-refractivity contribution >= 4 is 44.4 Å². The molecular formula is C19H17N5OS2. The number of anilines is 1. The molecule has 6 nitrogen and oxygen atoms in total. The van der Waals surface area contributed by atoms with Gasteiger partial charge in [-0.1, -0.05) is 59.0 Å². The van der Waals surface area contributed by atoms with Crippen LogP contribution in [0.4, 0.5) is 5.13 Å². The van der Waals surface area contributed by atoms with Crippen LogP contribution in [-0.4, -0.2) is 31.4 Å². The normalized spacial score (nSPS) is 11.0. The summed E-state index contributed by atoms with van der Waals surface area (Å²) in [6, 6.07) is 15.9. The molecule has 4 rings (SSSR count). The maximum absolute atomic E-state index is 12.3. The van der Waals surface area contributed by atoms with Crippen molar-refractivity contribution in [2.45, 2.75) is 12.1 Å². The van der Waals surface area contributed by atoms with Crippen molar-refractivity contribution in [3.63, 3.8) is 0 Å². The molecule has 4 aromatic rings. The van der Waals surface area contributed by atoms with E-state index in [2.05, 4.69) is 26.6 Å². The molecule has 0 bridgehead atoms. The first-order valence-electron chi connectivity index (χ1n) is 8.35. The zero-order valence-corrected chi connectivity index (χ0v) is 16.5. The van der Waals surface area contributed by atoms with Gasteiger partial charge in [-0.3, -0.25) is 4.79 Å². The highest BCUT2D eigenvalue weighted by atomic mass is 32.2. The van der Waals surface area contributed by atoms with E-state index in [0.717, 1.165) is 21.6 Å². The van der Waals surface area contributed by atoms with E-state index in [-0.39, 0.29) is 11.7 Å². The first kappa shape index (κ1) is 17.7. The maximum Gasteiger partial charge on any atom is 0.236 e. The Morgan fingerprint density at radius 2 is 2.04 bits per heavy atom. The molecule has 2 aromatic heterocycles. The van der Waals surface area contributed by atoms with Crippen molar-refractivity contribution in [1.29, 1.82) is 0 Å². The number of fused-ring (bicyclic) bond motifs is 1. The summed E-state index contributed by atoms with van der Waals surface area (Å²) in [5.41, 5.74) is 3.07. The standard InChI is InChI=1S/C19H17N5OS2/c1-12-6-5-7-13(10-12)17-22-23-19(24(17)2)26-11-16(25)21-18-20-14-8-3-4-9-15(14)27-18/h3-10H,11H2,1-2H3,(H,20,21,25). The molecule has 136 valence electrons. The molecule has 2 heterocycles. The summed E-state index contributed by atoms with van der Waals surface area (Å²) in [5, 5.41) is 12.7. The Morgan fingerprint density at radius 1 is 1.19 bits per heavy atom. The first-order chi connectivity index (χ1) is 13.1. The Kier molecular flexibility index (Phi) is 4.91. The SMILES string of the molecule is Cc1cccc(-c2nnc(SCC(=O)Nc3nc4ccccc4s3)n2C)c1. The molecule has 0 atom stereocenters. The molecular weight excluding hydrogens is 378 g/mol. The van der Waals surface area contributed by atoms with E-state index < -0.39 is 0 Å². The van der Waals surface area contributed by atoms with Gasteiger partial charge in [0.25, 0.3) is 0 Å². The minimum Gasteiger partial charge on any atom is -0.305 e. The van der Waals surface area contributed by atoms with Crippen LogP contribution >= 0.6 is 23.1 Å². The zero-order valence-electron chi connectivity index (χ0n) is 14.8. The van der Waals surface area contributed by atoms with E-state index >= 15 is 0 Å². The van der Waals surface area contributed by atoms with Crippen LogP contribution in [0, 0.1) is 6.92 Å². The molecule has 2 aromatic carbocycles. The van der Waals surface area contributed by atoms with Gasteiger partial charge in [0.15, 0.2) is 16.1 Å². The van der Waals surface area contributed by atoms with Gasteiger partial charge in [-0.15, -0.1) is 10.2 Å². The molecule has 0 aliphatic rings. The molecule has 0 saturated heterocycles. The van der Waals surface area contributed by atoms with Crippen molar-refractivity contribution < 1.29 is 4.79 Å². The minimum atomic E-state index is -0.112. The van der Waals surface area contributed by atoms with Crippen LogP contribution in [-0.2, 0) is 11.8 Å². The predicted octanol–water partition coefficient (Wildman–Crippen LogP) is 4.13. The van der Waals surface area contributed by atoms with E-state index in [4.69, 9.17) is 0 Å². The molecule has 0 radical (unpaired) electrons. The lowest BCUT2D eigenvalue weighted by Gasteiger charge is -2.04. The number of amides is 1. The Labute approximate surface area is 164 Å². The van der Waals surface area contributed by atoms with Gasteiger partial charge >= 0.3 is 0 Å². The second-order valence-electron chi connectivity index (χ2n) is 6.06. The number of thioether (sulfide) groups is 1. The second kappa shape index (κ2) is 7.50. The Bertz CT molecular complexity index is 1090. The lowest BCUT2D eigenvalue weighted by molar-refractivity contribution is -0.113. The zero-order chi connectivity index (χ0) is 18.8. The van der Waals surface area contributed by atoms with Gasteiger partial charge in [0.2, 0.25) is 5.91 Å². The number of carbonyl (C=O) groups is 1. The van der Waals surface area contributed by atoms with Crippen molar-refractivity contribution in [3.05, 3.63) is 54.1 Å². The number of aryl methyl sites for hydroxylation is 1. The highest BCUT2D eigenvalue weighted by Gasteiger charge is 2.14. The largest absolute Gasteiger partial charge is 0.305 e. The number of para-hydroxylation sites is 1. The van der Waals surface area contributed by atoms with Crippen molar-refractivity contribution in [2.75, 3.05) is 11.1 Å². The Balaban J connectivity index is 1.42. The molecule has 0 aliphatic carbocycles. The van der Waals surface area contributed by atoms with Gasteiger partial charge in [0.05, 0.1) is 16.0 Å². The predicted molar refractivity (Wildman–Crippen MR) is 110 cm³/mol. The van der Waals surface area contributed by atoms with Crippen molar-refractivity contribution in [3.8, 4) is 11.4 Å². The fraction of sp³-hybridized carbons (Fsp3) is 0.158. The fourth-order valence-electron chi connectivity index (χ4n) is 2.69. The van der Waals surface area contributed by atoms with Crippen LogP contribution in [0.1, 0.15) is 5.56 Å². The number of carbonyl (C=O) groups excluding carboxylic acids is 1. The fourth-order valence-corrected chi connectivity index (χ4v) is 4.28. The Morgan fingerprint density at radius 3 is 2.85 bits per heavy atom. The number of nitrogens with one attached hydrogen (secondary N) is 1. The number of hydrogen-bond donors (Lipinski definition) is 1. The number of thiazole rings is 1. The van der Waals surface area contributed by atoms with Crippen molar-refractivity contribution in [2.24, 2.45) is 7.05 Å². The summed E-state index contributed by atoms with van der Waals surface area (Å²) >= 11 is 2.82. The van der Waals surface area contributed by atoms with Crippen LogP contribution < -0.4 is 5.32 Å². The van der Waals surface area contributed by atoms with Crippen LogP contribution in [0.2, 0.25) is 0 Å². The highest BCUT2D eigenvalue weighted by molar-refractivity contribution is 7.99. The lowest BCUT2D eigenvalue weighted by atomic mass is 10.1. The van der Waals surface area contributed by atoms with E-state index in [0.29, 0.717) is 10.3 Å². The highest BCUT2D eigenvalue weighted by Crippen LogP contribution is 2.26.